The second kappa shape index (κ2) is 9.77. The number of nitrogens with zero attached hydrogens (tertiary/aromatic N) is 3. The SMILES string of the molecule is O=C([O-])C(F)(F)F.c1ccc(-c2ncc(-c3csc(C4CC[NH2+]CC4)n3)cn2)cc1. The number of quaternary nitrogens is 1. The Balaban J connectivity index is 0.000000318. The van der Waals surface area contributed by atoms with Gasteiger partial charge < -0.3 is 15.2 Å². The summed E-state index contributed by atoms with van der Waals surface area (Å²) in [4.78, 5) is 22.6. The Bertz CT molecular complexity index is 956. The largest absolute Gasteiger partial charge is 0.542 e. The van der Waals surface area contributed by atoms with E-state index in [1.165, 1.54) is 30.9 Å². The van der Waals surface area contributed by atoms with Crippen LogP contribution < -0.4 is 10.4 Å². The molecule has 1 aliphatic heterocycles. The number of alkyl halides is 3. The standard InChI is InChI=1S/C18H18N4S.C2HF3O2/c1-2-4-13(5-3-1)17-20-10-15(11-21-17)16-12-23-18(22-16)14-6-8-19-9-7-14;3-2(4,5)1(6)7/h1-5,10-12,14,19H,6-9H2;(H,6,7). The van der Waals surface area contributed by atoms with Crippen molar-refractivity contribution in [2.24, 2.45) is 0 Å². The van der Waals surface area contributed by atoms with Gasteiger partial charge in [0.1, 0.15) is 5.97 Å². The molecule has 10 heteroatoms. The van der Waals surface area contributed by atoms with E-state index in [9.17, 15) is 13.2 Å². The summed E-state index contributed by atoms with van der Waals surface area (Å²) in [5.74, 6) is -1.62. The van der Waals surface area contributed by atoms with Gasteiger partial charge in [-0.2, -0.15) is 13.2 Å². The third-order valence-corrected chi connectivity index (χ3v) is 5.53. The number of carbonyl (C=O) groups is 1. The van der Waals surface area contributed by atoms with Gasteiger partial charge in [0.15, 0.2) is 5.82 Å². The number of nitrogens with two attached hydrogens (primary N) is 1. The zero-order valence-electron chi connectivity index (χ0n) is 15.8. The molecule has 30 heavy (non-hydrogen) atoms. The number of carboxylic acids is 1. The summed E-state index contributed by atoms with van der Waals surface area (Å²) in [6.45, 7) is 2.43. The number of carbonyl (C=O) groups excluding carboxylic acids is 1. The van der Waals surface area contributed by atoms with Crippen LogP contribution in [-0.4, -0.2) is 40.2 Å². The maximum absolute atomic E-state index is 10.5. The first-order chi connectivity index (χ1) is 14.3. The number of carboxylic acid groups (broad SMARTS) is 1. The fraction of sp³-hybridized carbons (Fsp3) is 0.300. The number of hydrogen-bond donors (Lipinski definition) is 1. The third-order valence-electron chi connectivity index (χ3n) is 4.52. The highest BCUT2D eigenvalue weighted by molar-refractivity contribution is 7.10. The minimum atomic E-state index is -5.19. The van der Waals surface area contributed by atoms with Crippen LogP contribution in [0.25, 0.3) is 22.6 Å². The van der Waals surface area contributed by atoms with Crippen LogP contribution in [0.3, 0.4) is 0 Å². The number of benzene rings is 1. The first-order valence-corrected chi connectivity index (χ1v) is 10.2. The Labute approximate surface area is 174 Å². The predicted octanol–water partition coefficient (Wildman–Crippen LogP) is 2.01. The van der Waals surface area contributed by atoms with Gasteiger partial charge in [-0.3, -0.25) is 0 Å². The van der Waals surface area contributed by atoms with Crippen molar-refractivity contribution in [1.29, 1.82) is 0 Å². The number of piperidine rings is 1. The lowest BCUT2D eigenvalue weighted by Gasteiger charge is -2.17. The summed E-state index contributed by atoms with van der Waals surface area (Å²) in [5, 5.41) is 14.6. The van der Waals surface area contributed by atoms with Gasteiger partial charge in [-0.1, -0.05) is 30.3 Å². The van der Waals surface area contributed by atoms with E-state index in [0.29, 0.717) is 5.92 Å². The van der Waals surface area contributed by atoms with Crippen molar-refractivity contribution in [1.82, 2.24) is 15.0 Å². The lowest BCUT2D eigenvalue weighted by Crippen LogP contribution is -2.86. The molecule has 158 valence electrons. The van der Waals surface area contributed by atoms with E-state index < -0.39 is 12.1 Å². The maximum Gasteiger partial charge on any atom is 0.430 e. The lowest BCUT2D eigenvalue weighted by atomic mass is 9.99. The average Bonchev–Trinajstić information content (AvgIpc) is 3.25. The summed E-state index contributed by atoms with van der Waals surface area (Å²) < 4.78 is 31.5. The smallest absolute Gasteiger partial charge is 0.430 e. The van der Waals surface area contributed by atoms with E-state index in [1.807, 2.05) is 42.7 Å². The van der Waals surface area contributed by atoms with Gasteiger partial charge in [0.25, 0.3) is 0 Å². The molecule has 2 N–H and O–H groups in total. The van der Waals surface area contributed by atoms with Gasteiger partial charge in [-0.15, -0.1) is 11.3 Å². The Hall–Kier alpha value is -2.85. The highest BCUT2D eigenvalue weighted by Crippen LogP contribution is 2.30. The van der Waals surface area contributed by atoms with E-state index in [2.05, 4.69) is 20.7 Å². The molecule has 0 atom stereocenters. The van der Waals surface area contributed by atoms with Gasteiger partial charge >= 0.3 is 6.18 Å². The van der Waals surface area contributed by atoms with Crippen molar-refractivity contribution in [2.75, 3.05) is 13.1 Å². The number of aromatic nitrogens is 3. The second-order valence-electron chi connectivity index (χ2n) is 6.66. The number of aliphatic carboxylic acids is 1. The molecule has 0 aliphatic carbocycles. The van der Waals surface area contributed by atoms with Crippen LogP contribution >= 0.6 is 11.3 Å². The first kappa shape index (κ1) is 21.8. The molecule has 1 aromatic carbocycles. The molecule has 4 rings (SSSR count). The van der Waals surface area contributed by atoms with Crippen LogP contribution in [0.2, 0.25) is 0 Å². The maximum atomic E-state index is 10.5. The number of halogens is 3. The third kappa shape index (κ3) is 5.83. The summed E-state index contributed by atoms with van der Waals surface area (Å²) in [6.07, 6.45) is 1.03. The molecule has 0 bridgehead atoms. The predicted molar refractivity (Wildman–Crippen MR) is 103 cm³/mol. The van der Waals surface area contributed by atoms with Crippen molar-refractivity contribution in [2.45, 2.75) is 24.9 Å². The number of hydrogen-bond acceptors (Lipinski definition) is 6. The van der Waals surface area contributed by atoms with Crippen LogP contribution in [-0.2, 0) is 4.79 Å². The molecule has 2 aromatic heterocycles. The summed E-state index contributed by atoms with van der Waals surface area (Å²) >= 11 is 1.77. The second-order valence-corrected chi connectivity index (χ2v) is 7.55. The first-order valence-electron chi connectivity index (χ1n) is 9.27. The zero-order valence-corrected chi connectivity index (χ0v) is 16.6. The summed E-state index contributed by atoms with van der Waals surface area (Å²) in [5.41, 5.74) is 3.03. The highest BCUT2D eigenvalue weighted by Gasteiger charge is 2.28. The van der Waals surface area contributed by atoms with Crippen LogP contribution in [0, 0.1) is 0 Å². The molecule has 0 amide bonds. The molecule has 0 saturated carbocycles. The van der Waals surface area contributed by atoms with E-state index in [1.54, 1.807) is 11.3 Å². The van der Waals surface area contributed by atoms with Gasteiger partial charge in [-0.25, -0.2) is 15.0 Å². The topological polar surface area (TPSA) is 95.4 Å². The molecule has 3 heterocycles. The Morgan fingerprint density at radius 1 is 1.07 bits per heavy atom. The normalized spacial score (nSPS) is 14.6. The molecule has 0 unspecified atom stereocenters. The monoisotopic (exact) mass is 436 g/mol. The molecule has 1 aliphatic rings. The Morgan fingerprint density at radius 3 is 2.23 bits per heavy atom. The molecule has 1 fully saturated rings. The van der Waals surface area contributed by atoms with Gasteiger partial charge in [-0.05, 0) is 0 Å². The van der Waals surface area contributed by atoms with Crippen molar-refractivity contribution < 1.29 is 28.4 Å². The fourth-order valence-electron chi connectivity index (χ4n) is 2.98. The van der Waals surface area contributed by atoms with E-state index in [4.69, 9.17) is 14.9 Å². The van der Waals surface area contributed by atoms with Crippen molar-refractivity contribution >= 4 is 17.3 Å². The summed E-state index contributed by atoms with van der Waals surface area (Å²) in [7, 11) is 0. The molecule has 0 spiro atoms. The van der Waals surface area contributed by atoms with E-state index >= 15 is 0 Å². The molecular formula is C20H19F3N4O2S. The molecule has 0 radical (unpaired) electrons. The number of thiazole rings is 1. The minimum Gasteiger partial charge on any atom is -0.542 e. The van der Waals surface area contributed by atoms with Crippen molar-refractivity contribution in [3.63, 3.8) is 0 Å². The Morgan fingerprint density at radius 2 is 1.67 bits per heavy atom. The van der Waals surface area contributed by atoms with Crippen LogP contribution in [0.4, 0.5) is 13.2 Å². The highest BCUT2D eigenvalue weighted by atomic mass is 32.1. The zero-order chi connectivity index (χ0) is 21.6. The molecule has 1 saturated heterocycles. The van der Waals surface area contributed by atoms with Gasteiger partial charge in [0.05, 0.1) is 23.8 Å². The van der Waals surface area contributed by atoms with E-state index in [0.717, 1.165) is 22.6 Å². The average molecular weight is 436 g/mol. The van der Waals surface area contributed by atoms with Crippen molar-refractivity contribution in [3.05, 3.63) is 53.1 Å². The molecule has 6 nitrogen and oxygen atoms in total. The minimum absolute atomic E-state index is 0.628. The van der Waals surface area contributed by atoms with E-state index in [-0.39, 0.29) is 0 Å². The summed E-state index contributed by atoms with van der Waals surface area (Å²) in [6, 6.07) is 10.0. The van der Waals surface area contributed by atoms with Gasteiger partial charge in [0, 0.05) is 47.7 Å². The van der Waals surface area contributed by atoms with Crippen LogP contribution in [0.15, 0.2) is 48.1 Å². The molecular weight excluding hydrogens is 417 g/mol. The molecule has 3 aromatic rings. The quantitative estimate of drug-likeness (QED) is 0.678. The lowest BCUT2D eigenvalue weighted by molar-refractivity contribution is -0.663. The number of rotatable bonds is 3. The fourth-order valence-corrected chi connectivity index (χ4v) is 3.98. The van der Waals surface area contributed by atoms with Crippen LogP contribution in [0.5, 0.6) is 0 Å². The van der Waals surface area contributed by atoms with Gasteiger partial charge in [0.2, 0.25) is 0 Å². The van der Waals surface area contributed by atoms with Crippen molar-refractivity contribution in [3.8, 4) is 22.6 Å². The van der Waals surface area contributed by atoms with Crippen LogP contribution in [0.1, 0.15) is 23.8 Å². The Kier molecular flexibility index (Phi) is 7.11.